The lowest BCUT2D eigenvalue weighted by molar-refractivity contribution is -0.179. The first-order chi connectivity index (χ1) is 10.2. The Morgan fingerprint density at radius 3 is 2.32 bits per heavy atom. The average molecular weight is 316 g/mol. The van der Waals surface area contributed by atoms with Crippen molar-refractivity contribution in [1.82, 2.24) is 0 Å². The molecule has 2 unspecified atom stereocenters. The number of esters is 1. The van der Waals surface area contributed by atoms with Crippen LogP contribution in [0.3, 0.4) is 0 Å². The summed E-state index contributed by atoms with van der Waals surface area (Å²) in [6.45, 7) is 1.68. The molecule has 22 heavy (non-hydrogen) atoms. The van der Waals surface area contributed by atoms with Crippen LogP contribution in [0.15, 0.2) is 30.3 Å². The molecule has 0 radical (unpaired) electrons. The topological polar surface area (TPSA) is 98.6 Å². The second-order valence-electron chi connectivity index (χ2n) is 5.52. The maximum Gasteiger partial charge on any atom is 0.329 e. The predicted molar refractivity (Wildman–Crippen MR) is 78.0 cm³/mol. The number of hydrogen-bond donors (Lipinski definition) is 3. The molecule has 0 amide bonds. The number of nitrogens with two attached hydrogens (primary N) is 2. The summed E-state index contributed by atoms with van der Waals surface area (Å²) in [6.07, 6.45) is -2.44. The highest BCUT2D eigenvalue weighted by Crippen LogP contribution is 2.31. The summed E-state index contributed by atoms with van der Waals surface area (Å²) in [6, 6.07) is 8.72. The Morgan fingerprint density at radius 2 is 1.86 bits per heavy atom. The molecule has 0 bridgehead atoms. The van der Waals surface area contributed by atoms with Gasteiger partial charge in [-0.3, -0.25) is 0 Å². The van der Waals surface area contributed by atoms with Gasteiger partial charge in [0.2, 0.25) is 0 Å². The van der Waals surface area contributed by atoms with Crippen molar-refractivity contribution in [3.63, 3.8) is 0 Å². The van der Waals surface area contributed by atoms with Crippen LogP contribution in [0.4, 0.5) is 8.78 Å². The number of carbonyl (C=O) groups is 1. The number of rotatable bonds is 7. The summed E-state index contributed by atoms with van der Waals surface area (Å²) in [4.78, 5) is 12.2. The van der Waals surface area contributed by atoms with Gasteiger partial charge in [0.25, 0.3) is 5.92 Å². The number of ether oxygens (including phenoxy) is 1. The molecule has 1 aromatic carbocycles. The molecule has 0 aliphatic carbocycles. The molecule has 124 valence electrons. The van der Waals surface area contributed by atoms with Crippen LogP contribution in [0.5, 0.6) is 0 Å². The molecule has 1 aromatic rings. The normalized spacial score (nSPS) is 16.2. The first kappa shape index (κ1) is 18.5. The van der Waals surface area contributed by atoms with Gasteiger partial charge in [-0.25, -0.2) is 13.6 Å². The van der Waals surface area contributed by atoms with Gasteiger partial charge in [-0.15, -0.1) is 0 Å². The second-order valence-corrected chi connectivity index (χ2v) is 5.52. The van der Waals surface area contributed by atoms with Crippen LogP contribution in [0.25, 0.3) is 0 Å². The first-order valence-electron chi connectivity index (χ1n) is 6.92. The Hall–Kier alpha value is -1.57. The maximum atomic E-state index is 13.7. The molecule has 2 atom stereocenters. The highest BCUT2D eigenvalue weighted by Gasteiger charge is 2.56. The van der Waals surface area contributed by atoms with Gasteiger partial charge in [-0.1, -0.05) is 44.2 Å². The minimum absolute atomic E-state index is 0.119. The van der Waals surface area contributed by atoms with Crippen molar-refractivity contribution in [3.8, 4) is 0 Å². The lowest BCUT2D eigenvalue weighted by atomic mass is 9.79. The maximum absolute atomic E-state index is 13.7. The van der Waals surface area contributed by atoms with E-state index in [-0.39, 0.29) is 6.61 Å². The largest absolute Gasteiger partial charge is 0.459 e. The monoisotopic (exact) mass is 316 g/mol. The fraction of sp³-hybridized carbons (Fsp3) is 0.533. The minimum Gasteiger partial charge on any atom is -0.459 e. The number of halogens is 2. The molecule has 5 nitrogen and oxygen atoms in total. The molecular weight excluding hydrogens is 294 g/mol. The highest BCUT2D eigenvalue weighted by molar-refractivity contribution is 5.82. The Bertz CT molecular complexity index is 497. The van der Waals surface area contributed by atoms with Crippen LogP contribution < -0.4 is 11.5 Å². The van der Waals surface area contributed by atoms with Crippen LogP contribution >= 0.6 is 0 Å². The number of aliphatic hydroxyl groups excluding tert-OH is 1. The molecular formula is C15H22F2N2O3. The number of hydrogen-bond acceptors (Lipinski definition) is 5. The Labute approximate surface area is 128 Å². The fourth-order valence-electron chi connectivity index (χ4n) is 1.97. The van der Waals surface area contributed by atoms with Crippen molar-refractivity contribution >= 4 is 5.97 Å². The Morgan fingerprint density at radius 1 is 1.32 bits per heavy atom. The summed E-state index contributed by atoms with van der Waals surface area (Å²) in [5.74, 6) is -5.56. The zero-order valence-corrected chi connectivity index (χ0v) is 12.6. The van der Waals surface area contributed by atoms with Gasteiger partial charge in [-0.2, -0.15) is 0 Å². The van der Waals surface area contributed by atoms with Crippen LogP contribution in [0, 0.1) is 5.92 Å². The molecule has 0 saturated carbocycles. The first-order valence-corrected chi connectivity index (χ1v) is 6.92. The molecule has 0 aliphatic rings. The molecule has 0 fully saturated rings. The van der Waals surface area contributed by atoms with Crippen molar-refractivity contribution in [2.45, 2.75) is 38.0 Å². The van der Waals surface area contributed by atoms with Gasteiger partial charge in [0.05, 0.1) is 6.54 Å². The quantitative estimate of drug-likeness (QED) is 0.653. The summed E-state index contributed by atoms with van der Waals surface area (Å²) in [7, 11) is 0. The molecule has 0 saturated heterocycles. The molecule has 0 heterocycles. The summed E-state index contributed by atoms with van der Waals surface area (Å²) < 4.78 is 32.3. The van der Waals surface area contributed by atoms with Gasteiger partial charge in [0.15, 0.2) is 0 Å². The standard InChI is InChI=1S/C15H22F2N2O3/c1-10(2)15(19,12(20)14(16,17)9-18)13(21)22-8-11-6-4-3-5-7-11/h3-7,10,12,20H,8-9,18-19H2,1-2H3. The van der Waals surface area contributed by atoms with Crippen molar-refractivity contribution in [1.29, 1.82) is 0 Å². The lowest BCUT2D eigenvalue weighted by Crippen LogP contribution is -2.67. The smallest absolute Gasteiger partial charge is 0.329 e. The second kappa shape index (κ2) is 7.13. The molecule has 0 spiro atoms. The SMILES string of the molecule is CC(C)C(N)(C(=O)OCc1ccccc1)C(O)C(F)(F)CN. The van der Waals surface area contributed by atoms with E-state index in [0.717, 1.165) is 0 Å². The van der Waals surface area contributed by atoms with E-state index in [4.69, 9.17) is 16.2 Å². The van der Waals surface area contributed by atoms with E-state index in [9.17, 15) is 18.7 Å². The average Bonchev–Trinajstić information content (AvgIpc) is 2.51. The summed E-state index contributed by atoms with van der Waals surface area (Å²) >= 11 is 0. The van der Waals surface area contributed by atoms with E-state index in [1.165, 1.54) is 13.8 Å². The Balaban J connectivity index is 2.92. The Kier molecular flexibility index (Phi) is 5.99. The number of benzene rings is 1. The molecule has 5 N–H and O–H groups in total. The van der Waals surface area contributed by atoms with Crippen molar-refractivity contribution < 1.29 is 23.4 Å². The van der Waals surface area contributed by atoms with Crippen molar-refractivity contribution in [2.24, 2.45) is 17.4 Å². The van der Waals surface area contributed by atoms with E-state index in [2.05, 4.69) is 0 Å². The van der Waals surface area contributed by atoms with Crippen LogP contribution in [-0.2, 0) is 16.1 Å². The van der Waals surface area contributed by atoms with Crippen molar-refractivity contribution in [2.75, 3.05) is 6.54 Å². The lowest BCUT2D eigenvalue weighted by Gasteiger charge is -2.38. The van der Waals surface area contributed by atoms with E-state index in [1.807, 2.05) is 0 Å². The molecule has 0 aromatic heterocycles. The number of carbonyl (C=O) groups excluding carboxylic acids is 1. The van der Waals surface area contributed by atoms with Crippen LogP contribution in [0.1, 0.15) is 19.4 Å². The molecule has 0 aliphatic heterocycles. The van der Waals surface area contributed by atoms with Crippen LogP contribution in [-0.4, -0.2) is 35.2 Å². The van der Waals surface area contributed by atoms with Gasteiger partial charge in [-0.05, 0) is 11.5 Å². The highest BCUT2D eigenvalue weighted by atomic mass is 19.3. The van der Waals surface area contributed by atoms with E-state index in [1.54, 1.807) is 30.3 Å². The van der Waals surface area contributed by atoms with Crippen LogP contribution in [0.2, 0.25) is 0 Å². The van der Waals surface area contributed by atoms with Gasteiger partial charge in [0.1, 0.15) is 18.2 Å². The third-order valence-corrected chi connectivity index (χ3v) is 3.65. The molecule has 1 rings (SSSR count). The van der Waals surface area contributed by atoms with E-state index < -0.39 is 36.0 Å². The number of alkyl halides is 2. The summed E-state index contributed by atoms with van der Waals surface area (Å²) in [5.41, 5.74) is 9.18. The van der Waals surface area contributed by atoms with Gasteiger partial charge < -0.3 is 21.3 Å². The fourth-order valence-corrected chi connectivity index (χ4v) is 1.97. The van der Waals surface area contributed by atoms with Gasteiger partial charge >= 0.3 is 5.97 Å². The number of aliphatic hydroxyl groups is 1. The predicted octanol–water partition coefficient (Wildman–Crippen LogP) is 1.04. The third-order valence-electron chi connectivity index (χ3n) is 3.65. The van der Waals surface area contributed by atoms with E-state index >= 15 is 0 Å². The van der Waals surface area contributed by atoms with Crippen molar-refractivity contribution in [3.05, 3.63) is 35.9 Å². The third kappa shape index (κ3) is 3.79. The zero-order chi connectivity index (χ0) is 17.0. The molecule has 7 heteroatoms. The zero-order valence-electron chi connectivity index (χ0n) is 12.6. The van der Waals surface area contributed by atoms with E-state index in [0.29, 0.717) is 5.56 Å². The van der Waals surface area contributed by atoms with Gasteiger partial charge in [0, 0.05) is 0 Å². The minimum atomic E-state index is -3.69. The summed E-state index contributed by atoms with van der Waals surface area (Å²) in [5, 5.41) is 9.88.